The van der Waals surface area contributed by atoms with Crippen molar-refractivity contribution in [3.05, 3.63) is 52.0 Å². The second-order valence-corrected chi connectivity index (χ2v) is 6.33. The number of rotatable bonds is 4. The Morgan fingerprint density at radius 2 is 1.95 bits per heavy atom. The van der Waals surface area contributed by atoms with Crippen LogP contribution in [0.5, 0.6) is 0 Å². The van der Waals surface area contributed by atoms with Crippen LogP contribution in [0.15, 0.2) is 40.9 Å². The lowest BCUT2D eigenvalue weighted by Crippen LogP contribution is -2.05. The van der Waals surface area contributed by atoms with Crippen molar-refractivity contribution in [3.8, 4) is 11.5 Å². The first-order chi connectivity index (χ1) is 10.1. The highest BCUT2D eigenvalue weighted by Gasteiger charge is 2.14. The molecular formula is C16H17N3OS. The highest BCUT2D eigenvalue weighted by Crippen LogP contribution is 2.31. The van der Waals surface area contributed by atoms with E-state index in [0.717, 1.165) is 11.3 Å². The number of para-hydroxylation sites is 1. The first kappa shape index (κ1) is 13.8. The van der Waals surface area contributed by atoms with E-state index in [1.165, 1.54) is 9.75 Å². The molecule has 3 aromatic rings. The zero-order valence-corrected chi connectivity index (χ0v) is 13.1. The van der Waals surface area contributed by atoms with Crippen molar-refractivity contribution in [2.24, 2.45) is 0 Å². The maximum atomic E-state index is 5.28. The van der Waals surface area contributed by atoms with Crippen molar-refractivity contribution in [2.45, 2.75) is 26.8 Å². The number of benzene rings is 1. The van der Waals surface area contributed by atoms with Gasteiger partial charge >= 0.3 is 0 Å². The first-order valence-electron chi connectivity index (χ1n) is 6.86. The molecule has 0 amide bonds. The van der Waals surface area contributed by atoms with Gasteiger partial charge in [-0.25, -0.2) is 0 Å². The van der Waals surface area contributed by atoms with Gasteiger partial charge in [0.25, 0.3) is 5.89 Å². The topological polar surface area (TPSA) is 51.0 Å². The van der Waals surface area contributed by atoms with Gasteiger partial charge in [0.15, 0.2) is 5.82 Å². The summed E-state index contributed by atoms with van der Waals surface area (Å²) >= 11 is 1.81. The molecule has 1 unspecified atom stereocenters. The minimum atomic E-state index is 0.230. The van der Waals surface area contributed by atoms with Gasteiger partial charge in [0.2, 0.25) is 0 Å². The summed E-state index contributed by atoms with van der Waals surface area (Å²) in [4.78, 5) is 6.94. The molecule has 108 valence electrons. The zero-order valence-electron chi connectivity index (χ0n) is 12.3. The summed E-state index contributed by atoms with van der Waals surface area (Å²) in [5.74, 6) is 1.19. The average molecular weight is 299 g/mol. The van der Waals surface area contributed by atoms with Gasteiger partial charge in [-0.05, 0) is 45.0 Å². The molecule has 0 bridgehead atoms. The lowest BCUT2D eigenvalue weighted by atomic mass is 10.1. The van der Waals surface area contributed by atoms with Crippen molar-refractivity contribution in [1.82, 2.24) is 10.1 Å². The number of nitrogens with one attached hydrogen (secondary N) is 1. The smallest absolute Gasteiger partial charge is 0.260 e. The maximum absolute atomic E-state index is 5.28. The second-order valence-electron chi connectivity index (χ2n) is 5.01. The highest BCUT2D eigenvalue weighted by atomic mass is 32.1. The maximum Gasteiger partial charge on any atom is 0.260 e. The molecule has 3 rings (SSSR count). The number of aromatic nitrogens is 2. The standard InChI is InChI=1S/C16H17N3OS/c1-10-8-9-15(21-10)11(2)17-14-7-5-4-6-13(14)16-18-12(3)19-20-16/h4-9,11,17H,1-3H3. The quantitative estimate of drug-likeness (QED) is 0.765. The third-order valence-corrected chi connectivity index (χ3v) is 4.43. The van der Waals surface area contributed by atoms with Crippen LogP contribution in [0.3, 0.4) is 0 Å². The molecule has 0 aliphatic heterocycles. The zero-order chi connectivity index (χ0) is 14.8. The van der Waals surface area contributed by atoms with Crippen LogP contribution in [-0.2, 0) is 0 Å². The Morgan fingerprint density at radius 3 is 2.62 bits per heavy atom. The van der Waals surface area contributed by atoms with E-state index in [9.17, 15) is 0 Å². The van der Waals surface area contributed by atoms with Crippen LogP contribution >= 0.6 is 11.3 Å². The number of hydrogen-bond acceptors (Lipinski definition) is 5. The van der Waals surface area contributed by atoms with E-state index in [1.54, 1.807) is 11.3 Å². The van der Waals surface area contributed by atoms with Gasteiger partial charge in [0.05, 0.1) is 11.6 Å². The van der Waals surface area contributed by atoms with Crippen molar-refractivity contribution < 1.29 is 4.52 Å². The summed E-state index contributed by atoms with van der Waals surface area (Å²) in [5.41, 5.74) is 1.93. The lowest BCUT2D eigenvalue weighted by molar-refractivity contribution is 0.425. The average Bonchev–Trinajstić information content (AvgIpc) is 3.08. The molecule has 0 saturated carbocycles. The van der Waals surface area contributed by atoms with Crippen LogP contribution in [0.25, 0.3) is 11.5 Å². The summed E-state index contributed by atoms with van der Waals surface area (Å²) in [6.07, 6.45) is 0. The number of nitrogens with zero attached hydrogens (tertiary/aromatic N) is 2. The van der Waals surface area contributed by atoms with E-state index in [4.69, 9.17) is 4.52 Å². The molecule has 4 nitrogen and oxygen atoms in total. The molecule has 5 heteroatoms. The minimum Gasteiger partial charge on any atom is -0.377 e. The Bertz CT molecular complexity index is 747. The van der Waals surface area contributed by atoms with Gasteiger partial charge in [-0.3, -0.25) is 0 Å². The van der Waals surface area contributed by atoms with Crippen LogP contribution in [0, 0.1) is 13.8 Å². The Labute approximate surface area is 127 Å². The monoisotopic (exact) mass is 299 g/mol. The lowest BCUT2D eigenvalue weighted by Gasteiger charge is -2.15. The van der Waals surface area contributed by atoms with Crippen molar-refractivity contribution in [1.29, 1.82) is 0 Å². The molecular weight excluding hydrogens is 282 g/mol. The fourth-order valence-electron chi connectivity index (χ4n) is 2.19. The van der Waals surface area contributed by atoms with E-state index >= 15 is 0 Å². The Morgan fingerprint density at radius 1 is 1.14 bits per heavy atom. The van der Waals surface area contributed by atoms with E-state index in [2.05, 4.69) is 41.4 Å². The van der Waals surface area contributed by atoms with Gasteiger partial charge < -0.3 is 9.84 Å². The third-order valence-electron chi connectivity index (χ3n) is 3.24. The van der Waals surface area contributed by atoms with Crippen molar-refractivity contribution in [3.63, 3.8) is 0 Å². The van der Waals surface area contributed by atoms with Gasteiger partial charge in [-0.1, -0.05) is 17.3 Å². The summed E-state index contributed by atoms with van der Waals surface area (Å²) < 4.78 is 5.28. The van der Waals surface area contributed by atoms with Crippen LogP contribution in [0.2, 0.25) is 0 Å². The molecule has 2 heterocycles. The second kappa shape index (κ2) is 5.69. The van der Waals surface area contributed by atoms with Gasteiger partial charge in [0, 0.05) is 15.4 Å². The van der Waals surface area contributed by atoms with Crippen LogP contribution in [0.1, 0.15) is 28.5 Å². The normalized spacial score (nSPS) is 12.3. The number of anilines is 1. The Balaban J connectivity index is 1.89. The molecule has 0 radical (unpaired) electrons. The number of hydrogen-bond donors (Lipinski definition) is 1. The van der Waals surface area contributed by atoms with Crippen molar-refractivity contribution >= 4 is 17.0 Å². The summed E-state index contributed by atoms with van der Waals surface area (Å²) in [7, 11) is 0. The van der Waals surface area contributed by atoms with Gasteiger partial charge in [-0.2, -0.15) is 4.98 Å². The van der Waals surface area contributed by atoms with E-state index in [1.807, 2.05) is 31.2 Å². The molecule has 1 N–H and O–H groups in total. The molecule has 0 saturated heterocycles. The summed E-state index contributed by atoms with van der Waals surface area (Å²) in [6.45, 7) is 6.09. The molecule has 0 spiro atoms. The number of thiophene rings is 1. The summed E-state index contributed by atoms with van der Waals surface area (Å²) in [6, 6.07) is 12.5. The molecule has 0 fully saturated rings. The number of aryl methyl sites for hydroxylation is 2. The fourth-order valence-corrected chi connectivity index (χ4v) is 3.07. The van der Waals surface area contributed by atoms with Gasteiger partial charge in [0.1, 0.15) is 0 Å². The SMILES string of the molecule is Cc1noc(-c2ccccc2NC(C)c2ccc(C)s2)n1. The molecule has 0 aliphatic rings. The van der Waals surface area contributed by atoms with Crippen LogP contribution in [0.4, 0.5) is 5.69 Å². The van der Waals surface area contributed by atoms with E-state index in [-0.39, 0.29) is 6.04 Å². The van der Waals surface area contributed by atoms with Crippen molar-refractivity contribution in [2.75, 3.05) is 5.32 Å². The van der Waals surface area contributed by atoms with Gasteiger partial charge in [-0.15, -0.1) is 11.3 Å². The fraction of sp³-hybridized carbons (Fsp3) is 0.250. The highest BCUT2D eigenvalue weighted by molar-refractivity contribution is 7.12. The summed E-state index contributed by atoms with van der Waals surface area (Å²) in [5, 5.41) is 7.39. The predicted octanol–water partition coefficient (Wildman–Crippen LogP) is 4.59. The molecule has 0 aliphatic carbocycles. The molecule has 21 heavy (non-hydrogen) atoms. The van der Waals surface area contributed by atoms with Crippen LogP contribution in [-0.4, -0.2) is 10.1 Å². The molecule has 2 aromatic heterocycles. The molecule has 1 atom stereocenters. The van der Waals surface area contributed by atoms with E-state index in [0.29, 0.717) is 11.7 Å². The largest absolute Gasteiger partial charge is 0.377 e. The van der Waals surface area contributed by atoms with E-state index < -0.39 is 0 Å². The Kier molecular flexibility index (Phi) is 3.75. The predicted molar refractivity (Wildman–Crippen MR) is 85.6 cm³/mol. The first-order valence-corrected chi connectivity index (χ1v) is 7.67. The molecule has 1 aromatic carbocycles. The van der Waals surface area contributed by atoms with Crippen LogP contribution < -0.4 is 5.32 Å². The Hall–Kier alpha value is -2.14. The third kappa shape index (κ3) is 2.97. The minimum absolute atomic E-state index is 0.230.